The molecule has 6 heteroatoms. The average molecular weight is 275 g/mol. The van der Waals surface area contributed by atoms with Gasteiger partial charge >= 0.3 is 0 Å². The Bertz CT molecular complexity index is 492. The van der Waals surface area contributed by atoms with E-state index in [0.717, 1.165) is 22.9 Å². The van der Waals surface area contributed by atoms with Gasteiger partial charge in [-0.25, -0.2) is 4.98 Å². The zero-order chi connectivity index (χ0) is 13.9. The number of hydrogen-bond acceptors (Lipinski definition) is 4. The summed E-state index contributed by atoms with van der Waals surface area (Å²) in [6, 6.07) is 2.06. The molecule has 0 fully saturated rings. The topological polar surface area (TPSA) is 76.9 Å². The molecule has 0 amide bonds. The maximum absolute atomic E-state index is 8.65. The molecule has 19 heavy (non-hydrogen) atoms. The Morgan fingerprint density at radius 1 is 1.68 bits per heavy atom. The number of thioether (sulfide) groups is 1. The summed E-state index contributed by atoms with van der Waals surface area (Å²) >= 11 is 1.77. The molecule has 0 radical (unpaired) electrons. The van der Waals surface area contributed by atoms with Crippen LogP contribution in [0.1, 0.15) is 17.8 Å². The second kappa shape index (κ2) is 9.07. The van der Waals surface area contributed by atoms with E-state index in [1.165, 1.54) is 0 Å². The molecular weight excluding hydrogens is 258 g/mol. The van der Waals surface area contributed by atoms with Gasteiger partial charge in [-0.2, -0.15) is 17.0 Å². The Balaban J connectivity index is 2.25. The molecule has 1 aromatic heterocycles. The summed E-state index contributed by atoms with van der Waals surface area (Å²) in [5, 5.41) is 11.6. The molecule has 0 spiro atoms. The van der Waals surface area contributed by atoms with Crippen LogP contribution in [0, 0.1) is 30.6 Å². The van der Waals surface area contributed by atoms with Gasteiger partial charge in [0.1, 0.15) is 5.84 Å². The quantitative estimate of drug-likeness (QED) is 0.342. The Morgan fingerprint density at radius 3 is 3.16 bits per heavy atom. The van der Waals surface area contributed by atoms with Crippen molar-refractivity contribution in [1.29, 1.82) is 5.26 Å². The van der Waals surface area contributed by atoms with E-state index in [0.29, 0.717) is 18.9 Å². The number of nitrogens with one attached hydrogen (secondary N) is 2. The summed E-state index contributed by atoms with van der Waals surface area (Å²) in [5.74, 6) is 4.89. The van der Waals surface area contributed by atoms with Crippen LogP contribution < -0.4 is 5.32 Å². The van der Waals surface area contributed by atoms with E-state index in [1.54, 1.807) is 18.1 Å². The number of aromatic nitrogens is 2. The van der Waals surface area contributed by atoms with E-state index in [4.69, 9.17) is 11.7 Å². The zero-order valence-electron chi connectivity index (χ0n) is 10.9. The maximum Gasteiger partial charge on any atom is 0.111 e. The Hall–Kier alpha value is -1.92. The van der Waals surface area contributed by atoms with Gasteiger partial charge in [-0.05, 0) is 6.92 Å². The van der Waals surface area contributed by atoms with Crippen LogP contribution >= 0.6 is 11.8 Å². The molecule has 1 aromatic rings. The number of aromatic amines is 1. The van der Waals surface area contributed by atoms with E-state index < -0.39 is 0 Å². The number of aliphatic imine (C=N–C) groups is 1. The first-order valence-electron chi connectivity index (χ1n) is 5.92. The average Bonchev–Trinajstić information content (AvgIpc) is 2.81. The van der Waals surface area contributed by atoms with E-state index in [9.17, 15) is 0 Å². The van der Waals surface area contributed by atoms with Crippen LogP contribution in [0.5, 0.6) is 0 Å². The lowest BCUT2D eigenvalue weighted by Crippen LogP contribution is -2.23. The van der Waals surface area contributed by atoms with Gasteiger partial charge in [0, 0.05) is 17.2 Å². The largest absolute Gasteiger partial charge is 0.362 e. The van der Waals surface area contributed by atoms with Crippen molar-refractivity contribution in [3.63, 3.8) is 0 Å². The first-order chi connectivity index (χ1) is 9.27. The first kappa shape index (κ1) is 15.1. The van der Waals surface area contributed by atoms with Gasteiger partial charge in [0.25, 0.3) is 0 Å². The van der Waals surface area contributed by atoms with Crippen molar-refractivity contribution >= 4 is 17.6 Å². The number of nitrogens with zero attached hydrogens (tertiary/aromatic N) is 3. The molecule has 1 rings (SSSR count). The molecule has 0 unspecified atom stereocenters. The van der Waals surface area contributed by atoms with Crippen LogP contribution in [0.4, 0.5) is 0 Å². The smallest absolute Gasteiger partial charge is 0.111 e. The number of H-pyrrole nitrogens is 1. The third-order valence-corrected chi connectivity index (χ3v) is 3.30. The van der Waals surface area contributed by atoms with Crippen LogP contribution in [0.25, 0.3) is 0 Å². The van der Waals surface area contributed by atoms with Crippen molar-refractivity contribution in [3.8, 4) is 18.4 Å². The van der Waals surface area contributed by atoms with E-state index in [2.05, 4.69) is 32.3 Å². The van der Waals surface area contributed by atoms with Crippen LogP contribution in [-0.2, 0) is 5.75 Å². The lowest BCUT2D eigenvalue weighted by atomic mass is 10.4. The minimum Gasteiger partial charge on any atom is -0.362 e. The van der Waals surface area contributed by atoms with Gasteiger partial charge in [-0.15, -0.1) is 6.42 Å². The van der Waals surface area contributed by atoms with Crippen molar-refractivity contribution in [2.45, 2.75) is 19.1 Å². The second-order valence-electron chi connectivity index (χ2n) is 3.75. The summed E-state index contributed by atoms with van der Waals surface area (Å²) in [5.41, 5.74) is 2.19. The van der Waals surface area contributed by atoms with E-state index in [1.807, 2.05) is 6.92 Å². The van der Waals surface area contributed by atoms with Crippen molar-refractivity contribution in [2.24, 2.45) is 4.99 Å². The molecule has 0 aliphatic carbocycles. The molecule has 2 N–H and O–H groups in total. The SMILES string of the molecule is C#CCNC(CC#N)=NCCSCc1nc[nH]c1C. The molecule has 0 aliphatic rings. The summed E-state index contributed by atoms with van der Waals surface area (Å²) in [7, 11) is 0. The fraction of sp³-hybridized carbons (Fsp3) is 0.462. The molecule has 0 saturated carbocycles. The zero-order valence-corrected chi connectivity index (χ0v) is 11.8. The van der Waals surface area contributed by atoms with Gasteiger partial charge in [0.05, 0.1) is 37.6 Å². The molecule has 0 atom stereocenters. The number of hydrogen-bond donors (Lipinski definition) is 2. The van der Waals surface area contributed by atoms with Gasteiger partial charge in [0.2, 0.25) is 0 Å². The summed E-state index contributed by atoms with van der Waals surface area (Å²) < 4.78 is 0. The van der Waals surface area contributed by atoms with Crippen molar-refractivity contribution < 1.29 is 0 Å². The van der Waals surface area contributed by atoms with Crippen molar-refractivity contribution in [2.75, 3.05) is 18.8 Å². The third kappa shape index (κ3) is 5.98. The number of amidine groups is 1. The van der Waals surface area contributed by atoms with Crippen LogP contribution in [-0.4, -0.2) is 34.6 Å². The number of terminal acetylenes is 1. The Morgan fingerprint density at radius 2 is 2.53 bits per heavy atom. The summed E-state index contributed by atoms with van der Waals surface area (Å²) in [4.78, 5) is 11.6. The molecule has 0 saturated heterocycles. The molecule has 5 nitrogen and oxygen atoms in total. The molecule has 0 aromatic carbocycles. The number of aryl methyl sites for hydroxylation is 1. The van der Waals surface area contributed by atoms with Crippen LogP contribution in [0.3, 0.4) is 0 Å². The highest BCUT2D eigenvalue weighted by molar-refractivity contribution is 7.98. The molecular formula is C13H17N5S. The maximum atomic E-state index is 8.65. The highest BCUT2D eigenvalue weighted by atomic mass is 32.2. The van der Waals surface area contributed by atoms with Crippen LogP contribution in [0.15, 0.2) is 11.3 Å². The third-order valence-electron chi connectivity index (χ3n) is 2.35. The predicted molar refractivity (Wildman–Crippen MR) is 78.9 cm³/mol. The van der Waals surface area contributed by atoms with E-state index in [-0.39, 0.29) is 6.42 Å². The number of rotatable bonds is 7. The van der Waals surface area contributed by atoms with Gasteiger partial charge in [-0.1, -0.05) is 5.92 Å². The minimum atomic E-state index is 0.269. The Labute approximate surface area is 117 Å². The molecule has 100 valence electrons. The van der Waals surface area contributed by atoms with Crippen molar-refractivity contribution in [1.82, 2.24) is 15.3 Å². The standard InChI is InChI=1S/C13H17N5S/c1-3-6-15-13(4-5-14)16-7-8-19-9-12-11(2)17-10-18-12/h1,10H,4,6-9H2,2H3,(H,15,16)(H,17,18). The first-order valence-corrected chi connectivity index (χ1v) is 7.07. The molecule has 1 heterocycles. The highest BCUT2D eigenvalue weighted by Gasteiger charge is 2.00. The molecule has 0 bridgehead atoms. The van der Waals surface area contributed by atoms with E-state index >= 15 is 0 Å². The highest BCUT2D eigenvalue weighted by Crippen LogP contribution is 2.11. The fourth-order valence-corrected chi connectivity index (χ4v) is 2.20. The molecule has 0 aliphatic heterocycles. The number of nitriles is 1. The second-order valence-corrected chi connectivity index (χ2v) is 4.85. The lowest BCUT2D eigenvalue weighted by Gasteiger charge is -2.03. The fourth-order valence-electron chi connectivity index (χ4n) is 1.35. The Kier molecular flexibility index (Phi) is 7.23. The normalized spacial score (nSPS) is 10.8. The van der Waals surface area contributed by atoms with Crippen molar-refractivity contribution in [3.05, 3.63) is 17.7 Å². The van der Waals surface area contributed by atoms with Crippen LogP contribution in [0.2, 0.25) is 0 Å². The summed E-state index contributed by atoms with van der Waals surface area (Å²) in [6.45, 7) is 3.08. The van der Waals surface area contributed by atoms with Gasteiger partial charge < -0.3 is 10.3 Å². The minimum absolute atomic E-state index is 0.269. The van der Waals surface area contributed by atoms with Gasteiger partial charge in [-0.3, -0.25) is 4.99 Å². The number of imidazole rings is 1. The predicted octanol–water partition coefficient (Wildman–Crippen LogP) is 1.49. The van der Waals surface area contributed by atoms with Gasteiger partial charge in [0.15, 0.2) is 0 Å². The monoisotopic (exact) mass is 275 g/mol. The lowest BCUT2D eigenvalue weighted by molar-refractivity contribution is 0.997. The summed E-state index contributed by atoms with van der Waals surface area (Å²) in [6.07, 6.45) is 7.13.